The predicted octanol–water partition coefficient (Wildman–Crippen LogP) is 2.24. The summed E-state index contributed by atoms with van der Waals surface area (Å²) in [5.74, 6) is 1.37. The lowest BCUT2D eigenvalue weighted by atomic mass is 10.0. The molecule has 1 aromatic carbocycles. The first kappa shape index (κ1) is 23.0. The minimum absolute atomic E-state index is 0.108. The zero-order valence-corrected chi connectivity index (χ0v) is 18.2. The number of piperidine rings is 1. The van der Waals surface area contributed by atoms with Crippen molar-refractivity contribution in [2.24, 2.45) is 4.99 Å². The third kappa shape index (κ3) is 8.31. The molecule has 1 heterocycles. The van der Waals surface area contributed by atoms with Crippen molar-refractivity contribution in [3.8, 4) is 5.75 Å². The van der Waals surface area contributed by atoms with Gasteiger partial charge in [-0.2, -0.15) is 0 Å². The third-order valence-electron chi connectivity index (χ3n) is 5.19. The van der Waals surface area contributed by atoms with Gasteiger partial charge in [0, 0.05) is 44.3 Å². The van der Waals surface area contributed by atoms with E-state index < -0.39 is 0 Å². The summed E-state index contributed by atoms with van der Waals surface area (Å²) in [7, 11) is 1.59. The number of hydrogen-bond donors (Lipinski definition) is 3. The van der Waals surface area contributed by atoms with Crippen molar-refractivity contribution in [3.05, 3.63) is 29.8 Å². The van der Waals surface area contributed by atoms with E-state index in [0.29, 0.717) is 30.4 Å². The number of carbonyl (C=O) groups is 1. The number of hydrogen-bond acceptors (Lipinski definition) is 4. The fourth-order valence-electron chi connectivity index (χ4n) is 3.52. The Kier molecular flexibility index (Phi) is 10.3. The summed E-state index contributed by atoms with van der Waals surface area (Å²) in [6.07, 6.45) is 5.06. The molecule has 1 aromatic rings. The van der Waals surface area contributed by atoms with Crippen LogP contribution < -0.4 is 20.7 Å². The molecule has 7 nitrogen and oxygen atoms in total. The second-order valence-corrected chi connectivity index (χ2v) is 7.41. The number of carbonyl (C=O) groups excluding carboxylic acids is 1. The number of nitrogens with zero attached hydrogens (tertiary/aromatic N) is 2. The molecule has 162 valence electrons. The number of methoxy groups -OCH3 is 1. The summed E-state index contributed by atoms with van der Waals surface area (Å²) in [5.41, 5.74) is 0.594. The maximum atomic E-state index is 12.2. The highest BCUT2D eigenvalue weighted by atomic mass is 16.5. The van der Waals surface area contributed by atoms with Gasteiger partial charge in [0.25, 0.3) is 5.91 Å². The molecule has 2 rings (SSSR count). The Morgan fingerprint density at radius 3 is 2.83 bits per heavy atom. The highest BCUT2D eigenvalue weighted by molar-refractivity contribution is 5.94. The minimum Gasteiger partial charge on any atom is -0.497 e. The largest absolute Gasteiger partial charge is 0.497 e. The van der Waals surface area contributed by atoms with Crippen molar-refractivity contribution >= 4 is 11.9 Å². The van der Waals surface area contributed by atoms with E-state index in [2.05, 4.69) is 39.7 Å². The Hall–Kier alpha value is -2.28. The number of guanidine groups is 1. The van der Waals surface area contributed by atoms with E-state index in [1.165, 1.54) is 25.8 Å². The van der Waals surface area contributed by atoms with Crippen LogP contribution in [-0.4, -0.2) is 69.2 Å². The number of benzene rings is 1. The van der Waals surface area contributed by atoms with Crippen LogP contribution in [0.5, 0.6) is 5.75 Å². The Bertz CT molecular complexity index is 650. The van der Waals surface area contributed by atoms with E-state index in [1.807, 2.05) is 12.1 Å². The van der Waals surface area contributed by atoms with Crippen LogP contribution in [0, 0.1) is 0 Å². The van der Waals surface area contributed by atoms with Crippen molar-refractivity contribution < 1.29 is 9.53 Å². The van der Waals surface area contributed by atoms with Gasteiger partial charge < -0.3 is 25.6 Å². The molecule has 1 unspecified atom stereocenters. The molecule has 1 aliphatic heterocycles. The van der Waals surface area contributed by atoms with Gasteiger partial charge in [0.1, 0.15) is 5.75 Å². The first-order valence-electron chi connectivity index (χ1n) is 10.8. The van der Waals surface area contributed by atoms with Crippen molar-refractivity contribution in [2.75, 3.05) is 46.4 Å². The molecular formula is C22H37N5O2. The van der Waals surface area contributed by atoms with Crippen LogP contribution in [0.4, 0.5) is 0 Å². The fourth-order valence-corrected chi connectivity index (χ4v) is 3.52. The smallest absolute Gasteiger partial charge is 0.251 e. The van der Waals surface area contributed by atoms with E-state index in [-0.39, 0.29) is 5.91 Å². The number of aliphatic imine (C=N–C) groups is 1. The van der Waals surface area contributed by atoms with Crippen LogP contribution >= 0.6 is 0 Å². The zero-order chi connectivity index (χ0) is 20.9. The number of ether oxygens (including phenoxy) is 1. The zero-order valence-electron chi connectivity index (χ0n) is 18.2. The van der Waals surface area contributed by atoms with Gasteiger partial charge in [-0.25, -0.2) is 0 Å². The second-order valence-electron chi connectivity index (χ2n) is 7.41. The van der Waals surface area contributed by atoms with Crippen LogP contribution in [0.3, 0.4) is 0 Å². The van der Waals surface area contributed by atoms with Crippen LogP contribution in [0.25, 0.3) is 0 Å². The molecule has 0 aliphatic carbocycles. The number of nitrogens with one attached hydrogen (secondary N) is 3. The lowest BCUT2D eigenvalue weighted by Crippen LogP contribution is -2.42. The molecule has 7 heteroatoms. The molecule has 3 N–H and O–H groups in total. The topological polar surface area (TPSA) is 78.0 Å². The maximum Gasteiger partial charge on any atom is 0.251 e. The minimum atomic E-state index is -0.108. The van der Waals surface area contributed by atoms with Gasteiger partial charge in [0.2, 0.25) is 0 Å². The normalized spacial score (nSPS) is 17.6. The highest BCUT2D eigenvalue weighted by Crippen LogP contribution is 2.16. The summed E-state index contributed by atoms with van der Waals surface area (Å²) < 4.78 is 5.16. The Morgan fingerprint density at radius 2 is 2.07 bits per heavy atom. The lowest BCUT2D eigenvalue weighted by Gasteiger charge is -2.33. The van der Waals surface area contributed by atoms with Gasteiger partial charge in [-0.15, -0.1) is 0 Å². The quantitative estimate of drug-likeness (QED) is 0.317. The summed E-state index contributed by atoms with van der Waals surface area (Å²) in [5, 5.41) is 9.46. The average molecular weight is 404 g/mol. The Balaban J connectivity index is 1.68. The molecule has 0 spiro atoms. The molecular weight excluding hydrogens is 366 g/mol. The van der Waals surface area contributed by atoms with Crippen molar-refractivity contribution in [1.82, 2.24) is 20.9 Å². The standard InChI is InChI=1S/C22H37N5O2/c1-4-23-22(25-12-8-16-27-15-6-5-9-18(27)2)26-14-13-24-21(28)19-10-7-11-20(17-19)29-3/h7,10-11,17-18H,4-6,8-9,12-16H2,1-3H3,(H,24,28)(H2,23,25,26). The van der Waals surface area contributed by atoms with E-state index in [1.54, 1.807) is 19.2 Å². The number of rotatable bonds is 10. The third-order valence-corrected chi connectivity index (χ3v) is 5.19. The summed E-state index contributed by atoms with van der Waals surface area (Å²) >= 11 is 0. The van der Waals surface area contributed by atoms with Crippen molar-refractivity contribution in [1.29, 1.82) is 0 Å². The monoisotopic (exact) mass is 403 g/mol. The Labute approximate surface area is 175 Å². The predicted molar refractivity (Wildman–Crippen MR) is 119 cm³/mol. The molecule has 0 aromatic heterocycles. The van der Waals surface area contributed by atoms with E-state index in [4.69, 9.17) is 4.74 Å². The molecule has 1 saturated heterocycles. The van der Waals surface area contributed by atoms with Crippen LogP contribution in [-0.2, 0) is 0 Å². The van der Waals surface area contributed by atoms with Gasteiger partial charge >= 0.3 is 0 Å². The van der Waals surface area contributed by atoms with Gasteiger partial charge in [0.15, 0.2) is 5.96 Å². The van der Waals surface area contributed by atoms with Gasteiger partial charge in [0.05, 0.1) is 7.11 Å². The fraction of sp³-hybridized carbons (Fsp3) is 0.636. The van der Waals surface area contributed by atoms with Crippen molar-refractivity contribution in [2.45, 2.75) is 45.6 Å². The molecule has 0 bridgehead atoms. The van der Waals surface area contributed by atoms with Gasteiger partial charge in [-0.05, 0) is 57.9 Å². The van der Waals surface area contributed by atoms with Crippen LogP contribution in [0.1, 0.15) is 49.9 Å². The van der Waals surface area contributed by atoms with Crippen LogP contribution in [0.2, 0.25) is 0 Å². The average Bonchev–Trinajstić information content (AvgIpc) is 2.75. The van der Waals surface area contributed by atoms with E-state index >= 15 is 0 Å². The first-order valence-corrected chi connectivity index (χ1v) is 10.8. The van der Waals surface area contributed by atoms with E-state index in [9.17, 15) is 4.79 Å². The lowest BCUT2D eigenvalue weighted by molar-refractivity contribution is 0.0954. The number of amides is 1. The molecule has 1 amide bonds. The Morgan fingerprint density at radius 1 is 1.24 bits per heavy atom. The molecule has 1 fully saturated rings. The summed E-state index contributed by atoms with van der Waals surface area (Å²) in [4.78, 5) is 19.5. The van der Waals surface area contributed by atoms with Gasteiger partial charge in [-0.1, -0.05) is 12.5 Å². The maximum absolute atomic E-state index is 12.2. The van der Waals surface area contributed by atoms with Crippen molar-refractivity contribution in [3.63, 3.8) is 0 Å². The van der Waals surface area contributed by atoms with Crippen LogP contribution in [0.15, 0.2) is 29.3 Å². The molecule has 0 radical (unpaired) electrons. The first-order chi connectivity index (χ1) is 14.1. The molecule has 0 saturated carbocycles. The van der Waals surface area contributed by atoms with E-state index in [0.717, 1.165) is 32.0 Å². The summed E-state index contributed by atoms with van der Waals surface area (Å²) in [6, 6.07) is 7.85. The SMILES string of the molecule is CCNC(=NCCCN1CCCCC1C)NCCNC(=O)c1cccc(OC)c1. The highest BCUT2D eigenvalue weighted by Gasteiger charge is 2.17. The summed E-state index contributed by atoms with van der Waals surface area (Å²) in [6.45, 7) is 9.46. The molecule has 1 aliphatic rings. The molecule has 1 atom stereocenters. The second kappa shape index (κ2) is 13.0. The number of likely N-dealkylation sites (tertiary alicyclic amines) is 1. The molecule has 29 heavy (non-hydrogen) atoms. The van der Waals surface area contributed by atoms with Gasteiger partial charge in [-0.3, -0.25) is 9.79 Å².